The summed E-state index contributed by atoms with van der Waals surface area (Å²) in [7, 11) is 0. The molecule has 0 amide bonds. The van der Waals surface area contributed by atoms with Crippen molar-refractivity contribution >= 4 is 5.97 Å². The molecule has 0 unspecified atom stereocenters. The Balaban J connectivity index is 4.46. The molecule has 0 bridgehead atoms. The largest absolute Gasteiger partial charge is 0.446 e. The van der Waals surface area contributed by atoms with Gasteiger partial charge in [-0.2, -0.15) is 0 Å². The van der Waals surface area contributed by atoms with Crippen LogP contribution < -0.4 is 0 Å². The molecule has 0 spiro atoms. The van der Waals surface area contributed by atoms with Gasteiger partial charge in [-0.15, -0.1) is 0 Å². The van der Waals surface area contributed by atoms with E-state index in [4.69, 9.17) is 4.74 Å². The summed E-state index contributed by atoms with van der Waals surface area (Å²) in [5, 5.41) is 0. The highest BCUT2D eigenvalue weighted by Crippen LogP contribution is 2.23. The maximum Gasteiger partial charge on any atom is 0.331 e. The average molecular weight is 227 g/mol. The Bertz CT molecular complexity index is 222. The number of hydrogen-bond donors (Lipinski definition) is 0. The van der Waals surface area contributed by atoms with E-state index >= 15 is 0 Å². The van der Waals surface area contributed by atoms with Crippen molar-refractivity contribution in [3.8, 4) is 0 Å². The molecule has 0 aromatic heterocycles. The van der Waals surface area contributed by atoms with Gasteiger partial charge in [-0.3, -0.25) is 4.90 Å². The first-order valence-corrected chi connectivity index (χ1v) is 6.08. The van der Waals surface area contributed by atoms with E-state index < -0.39 is 0 Å². The standard InChI is InChI=1S/C13H25NO2/c1-6-10-14(11-16-12(15)7-2)13(5,8-3)9-4/h7H,2,6,8-11H2,1,3-5H3. The average Bonchev–Trinajstić information content (AvgIpc) is 2.32. The van der Waals surface area contributed by atoms with Gasteiger partial charge in [-0.05, 0) is 26.2 Å². The van der Waals surface area contributed by atoms with Crippen LogP contribution in [0.2, 0.25) is 0 Å². The zero-order chi connectivity index (χ0) is 12.6. The monoisotopic (exact) mass is 227 g/mol. The highest BCUT2D eigenvalue weighted by molar-refractivity contribution is 5.81. The van der Waals surface area contributed by atoms with Gasteiger partial charge >= 0.3 is 5.97 Å². The molecule has 16 heavy (non-hydrogen) atoms. The maximum atomic E-state index is 11.1. The van der Waals surface area contributed by atoms with Gasteiger partial charge in [0.05, 0.1) is 0 Å². The zero-order valence-corrected chi connectivity index (χ0v) is 11.1. The summed E-state index contributed by atoms with van der Waals surface area (Å²) in [6.07, 6.45) is 4.37. The molecular weight excluding hydrogens is 202 g/mol. The molecule has 0 aliphatic rings. The van der Waals surface area contributed by atoms with Crippen LogP contribution in [0.15, 0.2) is 12.7 Å². The fourth-order valence-corrected chi connectivity index (χ4v) is 1.66. The van der Waals surface area contributed by atoms with Gasteiger partial charge in [-0.1, -0.05) is 27.4 Å². The van der Waals surface area contributed by atoms with Crippen molar-refractivity contribution in [2.45, 2.75) is 52.5 Å². The van der Waals surface area contributed by atoms with Gasteiger partial charge in [0.25, 0.3) is 0 Å². The Morgan fingerprint density at radius 1 is 1.38 bits per heavy atom. The first kappa shape index (κ1) is 15.2. The lowest BCUT2D eigenvalue weighted by atomic mass is 9.93. The summed E-state index contributed by atoms with van der Waals surface area (Å²) >= 11 is 0. The second kappa shape index (κ2) is 7.44. The minimum atomic E-state index is -0.351. The second-order valence-electron chi connectivity index (χ2n) is 4.26. The third kappa shape index (κ3) is 4.35. The van der Waals surface area contributed by atoms with Gasteiger partial charge in [-0.25, -0.2) is 4.79 Å². The van der Waals surface area contributed by atoms with E-state index in [-0.39, 0.29) is 11.5 Å². The Morgan fingerprint density at radius 3 is 2.31 bits per heavy atom. The summed E-state index contributed by atoms with van der Waals surface area (Å²) in [5.74, 6) is -0.351. The lowest BCUT2D eigenvalue weighted by Gasteiger charge is -2.39. The van der Waals surface area contributed by atoms with Crippen LogP contribution >= 0.6 is 0 Å². The van der Waals surface area contributed by atoms with Crippen molar-refractivity contribution < 1.29 is 9.53 Å². The fraction of sp³-hybridized carbons (Fsp3) is 0.769. The molecule has 3 heteroatoms. The Labute approximate surface area is 99.5 Å². The van der Waals surface area contributed by atoms with Crippen molar-refractivity contribution in [3.63, 3.8) is 0 Å². The van der Waals surface area contributed by atoms with Crippen molar-refractivity contribution in [2.75, 3.05) is 13.3 Å². The van der Waals surface area contributed by atoms with Crippen LogP contribution in [0.25, 0.3) is 0 Å². The van der Waals surface area contributed by atoms with Crippen molar-refractivity contribution in [1.82, 2.24) is 4.90 Å². The van der Waals surface area contributed by atoms with Gasteiger partial charge in [0.15, 0.2) is 0 Å². The smallest absolute Gasteiger partial charge is 0.331 e. The lowest BCUT2D eigenvalue weighted by molar-refractivity contribution is -0.145. The van der Waals surface area contributed by atoms with Gasteiger partial charge in [0, 0.05) is 18.2 Å². The number of carbonyl (C=O) groups excluding carboxylic acids is 1. The summed E-state index contributed by atoms with van der Waals surface area (Å²) in [6, 6.07) is 0. The molecular formula is C13H25NO2. The molecule has 0 heterocycles. The predicted octanol–water partition coefficient (Wildman–Crippen LogP) is 2.96. The summed E-state index contributed by atoms with van der Waals surface area (Å²) in [6.45, 7) is 13.4. The molecule has 0 aliphatic carbocycles. The van der Waals surface area contributed by atoms with Crippen LogP contribution in [-0.4, -0.2) is 29.7 Å². The van der Waals surface area contributed by atoms with Gasteiger partial charge in [0.2, 0.25) is 0 Å². The summed E-state index contributed by atoms with van der Waals surface area (Å²) < 4.78 is 5.12. The maximum absolute atomic E-state index is 11.1. The van der Waals surface area contributed by atoms with Crippen LogP contribution in [-0.2, 0) is 9.53 Å². The SMILES string of the molecule is C=CC(=O)OCN(CCC)C(C)(CC)CC. The third-order valence-electron chi connectivity index (χ3n) is 3.31. The van der Waals surface area contributed by atoms with Crippen LogP contribution in [0.3, 0.4) is 0 Å². The molecule has 0 aromatic carbocycles. The zero-order valence-electron chi connectivity index (χ0n) is 11.1. The van der Waals surface area contributed by atoms with Gasteiger partial charge in [0.1, 0.15) is 6.73 Å². The molecule has 0 N–H and O–H groups in total. The highest BCUT2D eigenvalue weighted by Gasteiger charge is 2.28. The normalized spacial score (nSPS) is 11.6. The van der Waals surface area contributed by atoms with Crippen LogP contribution in [0.1, 0.15) is 47.0 Å². The predicted molar refractivity (Wildman–Crippen MR) is 67.1 cm³/mol. The minimum Gasteiger partial charge on any atom is -0.446 e. The highest BCUT2D eigenvalue weighted by atomic mass is 16.5. The summed E-state index contributed by atoms with van der Waals surface area (Å²) in [5.41, 5.74) is 0.109. The second-order valence-corrected chi connectivity index (χ2v) is 4.26. The van der Waals surface area contributed by atoms with Crippen molar-refractivity contribution in [3.05, 3.63) is 12.7 Å². The quantitative estimate of drug-likeness (QED) is 0.363. The molecule has 94 valence electrons. The first-order valence-electron chi connectivity index (χ1n) is 6.08. The molecule has 0 radical (unpaired) electrons. The van der Waals surface area contributed by atoms with E-state index in [0.717, 1.165) is 25.8 Å². The molecule has 0 aromatic rings. The summed E-state index contributed by atoms with van der Waals surface area (Å²) in [4.78, 5) is 13.3. The lowest BCUT2D eigenvalue weighted by Crippen LogP contribution is -2.47. The van der Waals surface area contributed by atoms with E-state index in [1.807, 2.05) is 0 Å². The number of ether oxygens (including phenoxy) is 1. The first-order chi connectivity index (χ1) is 7.53. The van der Waals surface area contributed by atoms with Crippen LogP contribution in [0.4, 0.5) is 0 Å². The van der Waals surface area contributed by atoms with Crippen molar-refractivity contribution in [2.24, 2.45) is 0 Å². The number of hydrogen-bond acceptors (Lipinski definition) is 3. The molecule has 0 saturated carbocycles. The van der Waals surface area contributed by atoms with E-state index in [2.05, 4.69) is 39.2 Å². The Kier molecular flexibility index (Phi) is 7.06. The number of nitrogens with zero attached hydrogens (tertiary/aromatic N) is 1. The Morgan fingerprint density at radius 2 is 1.94 bits per heavy atom. The van der Waals surface area contributed by atoms with E-state index in [1.165, 1.54) is 6.08 Å². The minimum absolute atomic E-state index is 0.109. The van der Waals surface area contributed by atoms with E-state index in [0.29, 0.717) is 6.73 Å². The molecule has 0 aliphatic heterocycles. The van der Waals surface area contributed by atoms with Crippen LogP contribution in [0, 0.1) is 0 Å². The molecule has 0 fully saturated rings. The Hall–Kier alpha value is -0.830. The van der Waals surface area contributed by atoms with Gasteiger partial charge < -0.3 is 4.74 Å². The van der Waals surface area contributed by atoms with Crippen molar-refractivity contribution in [1.29, 1.82) is 0 Å². The van der Waals surface area contributed by atoms with E-state index in [9.17, 15) is 4.79 Å². The molecule has 0 saturated heterocycles. The third-order valence-corrected chi connectivity index (χ3v) is 3.31. The van der Waals surface area contributed by atoms with E-state index in [1.54, 1.807) is 0 Å². The molecule has 0 rings (SSSR count). The molecule has 3 nitrogen and oxygen atoms in total. The molecule has 0 atom stereocenters. The number of carbonyl (C=O) groups is 1. The number of rotatable bonds is 8. The number of esters is 1. The van der Waals surface area contributed by atoms with Crippen LogP contribution in [0.5, 0.6) is 0 Å². The fourth-order valence-electron chi connectivity index (χ4n) is 1.66. The topological polar surface area (TPSA) is 29.5 Å².